The molecule has 11 heteroatoms. The molecule has 0 aliphatic rings. The Hall–Kier alpha value is -3.34. The molecular weight excluding hydrogens is 510 g/mol. The van der Waals surface area contributed by atoms with Gasteiger partial charge in [0, 0.05) is 0 Å². The average Bonchev–Trinajstić information content (AvgIpc) is 2.84. The highest BCUT2D eigenvalue weighted by Gasteiger charge is 2.29. The molecule has 0 amide bonds. The molecule has 0 radical (unpaired) electrons. The van der Waals surface area contributed by atoms with Gasteiger partial charge in [-0.1, -0.05) is 19.9 Å². The van der Waals surface area contributed by atoms with Crippen LogP contribution in [0.5, 0.6) is 11.5 Å². The van der Waals surface area contributed by atoms with E-state index in [9.17, 15) is 19.2 Å². The maximum atomic E-state index is 12.6. The van der Waals surface area contributed by atoms with Crippen LogP contribution in [0.4, 0.5) is 9.59 Å². The molecule has 5 atom stereocenters. The Morgan fingerprint density at radius 2 is 1.26 bits per heavy atom. The molecule has 1 aromatic rings. The second-order valence-electron chi connectivity index (χ2n) is 10.5. The summed E-state index contributed by atoms with van der Waals surface area (Å²) in [6.07, 6.45) is -2.97. The minimum Gasteiger partial charge on any atom is -0.458 e. The van der Waals surface area contributed by atoms with Crippen molar-refractivity contribution in [3.8, 4) is 11.5 Å². The molecule has 0 saturated heterocycles. The van der Waals surface area contributed by atoms with E-state index >= 15 is 0 Å². The number of carbonyl (C=O) groups excluding carboxylic acids is 4. The molecule has 220 valence electrons. The minimum absolute atomic E-state index is 0.01000. The molecule has 11 nitrogen and oxygen atoms in total. The fourth-order valence-electron chi connectivity index (χ4n) is 2.71. The van der Waals surface area contributed by atoms with Gasteiger partial charge in [-0.3, -0.25) is 9.59 Å². The van der Waals surface area contributed by atoms with Crippen LogP contribution in [0.15, 0.2) is 18.2 Å². The van der Waals surface area contributed by atoms with E-state index in [1.54, 1.807) is 54.5 Å². The first-order valence-corrected chi connectivity index (χ1v) is 13.1. The van der Waals surface area contributed by atoms with Crippen molar-refractivity contribution in [1.82, 2.24) is 0 Å². The molecule has 0 aliphatic heterocycles. The van der Waals surface area contributed by atoms with Gasteiger partial charge in [0.05, 0.1) is 5.41 Å². The van der Waals surface area contributed by atoms with Gasteiger partial charge in [0.2, 0.25) is 0 Å². The standard InChI is InChI=1S/C28H43NO10/c1-10-16(3)34-26(32)38-22-13-12-20(15-23(22)39-27(33)35-17(4)11-2)14-21(29)24(30)36-18(5)19(6)37-25(31)28(7,8)9/h12-13,15-19,21H,10-11,14,29H2,1-9H3/t16-,17?,18?,19?,21-/m0/s1. The van der Waals surface area contributed by atoms with Crippen LogP contribution in [0, 0.1) is 5.41 Å². The number of carbonyl (C=O) groups is 4. The Morgan fingerprint density at radius 3 is 1.74 bits per heavy atom. The van der Waals surface area contributed by atoms with Crippen molar-refractivity contribution in [1.29, 1.82) is 0 Å². The van der Waals surface area contributed by atoms with Crippen LogP contribution in [-0.2, 0) is 35.0 Å². The van der Waals surface area contributed by atoms with Crippen LogP contribution in [0.1, 0.15) is 80.7 Å². The number of hydrogen-bond donors (Lipinski definition) is 1. The summed E-state index contributed by atoms with van der Waals surface area (Å²) in [4.78, 5) is 49.1. The zero-order chi connectivity index (χ0) is 29.9. The lowest BCUT2D eigenvalue weighted by Crippen LogP contribution is -2.40. The maximum Gasteiger partial charge on any atom is 0.514 e. The summed E-state index contributed by atoms with van der Waals surface area (Å²) in [6, 6.07) is 3.28. The third-order valence-corrected chi connectivity index (χ3v) is 5.77. The number of nitrogens with two attached hydrogens (primary N) is 1. The van der Waals surface area contributed by atoms with Gasteiger partial charge in [0.1, 0.15) is 30.5 Å². The average molecular weight is 554 g/mol. The fraction of sp³-hybridized carbons (Fsp3) is 0.643. The summed E-state index contributed by atoms with van der Waals surface area (Å²) < 4.78 is 31.6. The van der Waals surface area contributed by atoms with Crippen molar-refractivity contribution in [3.63, 3.8) is 0 Å². The van der Waals surface area contributed by atoms with E-state index in [-0.39, 0.29) is 24.0 Å². The van der Waals surface area contributed by atoms with Gasteiger partial charge in [-0.15, -0.1) is 0 Å². The number of benzene rings is 1. The highest BCUT2D eigenvalue weighted by atomic mass is 16.7. The molecule has 0 aliphatic carbocycles. The molecule has 0 spiro atoms. The molecule has 0 aromatic heterocycles. The van der Waals surface area contributed by atoms with Gasteiger partial charge in [0.15, 0.2) is 11.5 Å². The maximum absolute atomic E-state index is 12.6. The SMILES string of the molecule is CCC(C)OC(=O)Oc1cc(C[C@H](N)C(=O)OC(C)C(C)OC(=O)C(C)(C)C)ccc1OC(=O)O[C@@H](C)CC. The Bertz CT molecular complexity index is 987. The summed E-state index contributed by atoms with van der Waals surface area (Å²) in [5, 5.41) is 0. The van der Waals surface area contributed by atoms with E-state index in [4.69, 9.17) is 34.2 Å². The quantitative estimate of drug-likeness (QED) is 0.209. The van der Waals surface area contributed by atoms with Gasteiger partial charge in [-0.05, 0) is 85.4 Å². The molecule has 0 heterocycles. The number of rotatable bonds is 12. The van der Waals surface area contributed by atoms with Gasteiger partial charge < -0.3 is 34.2 Å². The van der Waals surface area contributed by atoms with Crippen molar-refractivity contribution in [2.24, 2.45) is 11.1 Å². The summed E-state index contributed by atoms with van der Waals surface area (Å²) in [7, 11) is 0. The van der Waals surface area contributed by atoms with Crippen molar-refractivity contribution in [2.75, 3.05) is 0 Å². The summed E-state index contributed by atoms with van der Waals surface area (Å²) in [5.74, 6) is -1.32. The number of esters is 2. The highest BCUT2D eigenvalue weighted by Crippen LogP contribution is 2.30. The van der Waals surface area contributed by atoms with E-state index in [0.29, 0.717) is 18.4 Å². The van der Waals surface area contributed by atoms with E-state index in [0.717, 1.165) is 0 Å². The largest absolute Gasteiger partial charge is 0.514 e. The molecule has 3 unspecified atom stereocenters. The first-order valence-electron chi connectivity index (χ1n) is 13.1. The summed E-state index contributed by atoms with van der Waals surface area (Å²) in [5.41, 5.74) is 5.87. The predicted molar refractivity (Wildman–Crippen MR) is 142 cm³/mol. The lowest BCUT2D eigenvalue weighted by atomic mass is 9.97. The highest BCUT2D eigenvalue weighted by molar-refractivity contribution is 5.77. The smallest absolute Gasteiger partial charge is 0.458 e. The fourth-order valence-corrected chi connectivity index (χ4v) is 2.71. The Morgan fingerprint density at radius 1 is 0.769 bits per heavy atom. The molecule has 0 bridgehead atoms. The lowest BCUT2D eigenvalue weighted by molar-refractivity contribution is -0.171. The topological polar surface area (TPSA) is 150 Å². The molecular formula is C28H43NO10. The van der Waals surface area contributed by atoms with Gasteiger partial charge in [0.25, 0.3) is 0 Å². The van der Waals surface area contributed by atoms with Crippen LogP contribution in [0.3, 0.4) is 0 Å². The predicted octanol–water partition coefficient (Wildman–Crippen LogP) is 5.09. The Kier molecular flexibility index (Phi) is 13.2. The van der Waals surface area contributed by atoms with Crippen LogP contribution in [0.2, 0.25) is 0 Å². The van der Waals surface area contributed by atoms with Crippen LogP contribution >= 0.6 is 0 Å². The second-order valence-corrected chi connectivity index (χ2v) is 10.5. The third kappa shape index (κ3) is 11.9. The molecule has 1 rings (SSSR count). The van der Waals surface area contributed by atoms with Gasteiger partial charge >= 0.3 is 24.2 Å². The van der Waals surface area contributed by atoms with E-state index in [2.05, 4.69) is 0 Å². The van der Waals surface area contributed by atoms with Crippen LogP contribution in [-0.4, -0.2) is 54.7 Å². The zero-order valence-corrected chi connectivity index (χ0v) is 24.4. The van der Waals surface area contributed by atoms with Crippen LogP contribution < -0.4 is 15.2 Å². The van der Waals surface area contributed by atoms with Crippen molar-refractivity contribution >= 4 is 24.2 Å². The van der Waals surface area contributed by atoms with Crippen molar-refractivity contribution in [2.45, 2.75) is 112 Å². The molecule has 0 saturated carbocycles. The summed E-state index contributed by atoms with van der Waals surface area (Å²) in [6.45, 7) is 15.5. The summed E-state index contributed by atoms with van der Waals surface area (Å²) >= 11 is 0. The molecule has 39 heavy (non-hydrogen) atoms. The van der Waals surface area contributed by atoms with Gasteiger partial charge in [-0.25, -0.2) is 9.59 Å². The molecule has 1 aromatic carbocycles. The molecule has 2 N–H and O–H groups in total. The van der Waals surface area contributed by atoms with E-state index in [1.165, 1.54) is 12.1 Å². The number of hydrogen-bond acceptors (Lipinski definition) is 11. The number of ether oxygens (including phenoxy) is 6. The first kappa shape index (κ1) is 33.7. The van der Waals surface area contributed by atoms with Crippen molar-refractivity contribution < 1.29 is 47.6 Å². The van der Waals surface area contributed by atoms with E-state index in [1.807, 2.05) is 13.8 Å². The Balaban J connectivity index is 2.98. The second kappa shape index (κ2) is 15.3. The Labute approximate surface area is 230 Å². The van der Waals surface area contributed by atoms with Crippen LogP contribution in [0.25, 0.3) is 0 Å². The first-order chi connectivity index (χ1) is 18.1. The van der Waals surface area contributed by atoms with Crippen molar-refractivity contribution in [3.05, 3.63) is 23.8 Å². The van der Waals surface area contributed by atoms with Gasteiger partial charge in [-0.2, -0.15) is 0 Å². The van der Waals surface area contributed by atoms with E-state index < -0.39 is 54.0 Å². The lowest BCUT2D eigenvalue weighted by Gasteiger charge is -2.25. The molecule has 0 fully saturated rings. The monoisotopic (exact) mass is 553 g/mol. The zero-order valence-electron chi connectivity index (χ0n) is 24.4. The normalized spacial score (nSPS) is 15.1. The minimum atomic E-state index is -1.08. The third-order valence-electron chi connectivity index (χ3n) is 5.77.